The molecular formula is C16H18F3N3. The van der Waals surface area contributed by atoms with E-state index in [1.807, 2.05) is 30.3 Å². The molecule has 1 aromatic heterocycles. The standard InChI is InChI=1S/C16H18F3N3/c17-16(18,19)11-22-10-13-7-4-8-14(15(13)21-22)20-9-12-5-2-1-3-6-12/h1-3,5-6,10,14,20H,4,7-9,11H2/t14-/m1/s1. The zero-order valence-corrected chi connectivity index (χ0v) is 12.1. The first-order chi connectivity index (χ1) is 10.5. The summed E-state index contributed by atoms with van der Waals surface area (Å²) < 4.78 is 38.5. The fraction of sp³-hybridized carbons (Fsp3) is 0.438. The van der Waals surface area contributed by atoms with Crippen LogP contribution in [0.2, 0.25) is 0 Å². The quantitative estimate of drug-likeness (QED) is 0.935. The molecule has 118 valence electrons. The predicted molar refractivity (Wildman–Crippen MR) is 77.2 cm³/mol. The Bertz CT molecular complexity index is 619. The number of nitrogens with one attached hydrogen (secondary N) is 1. The lowest BCUT2D eigenvalue weighted by atomic mass is 9.93. The van der Waals surface area contributed by atoms with Crippen LogP contribution in [-0.4, -0.2) is 16.0 Å². The zero-order valence-electron chi connectivity index (χ0n) is 12.1. The Kier molecular flexibility index (Phi) is 4.20. The first kappa shape index (κ1) is 15.1. The molecule has 0 unspecified atom stereocenters. The third kappa shape index (κ3) is 3.68. The van der Waals surface area contributed by atoms with Gasteiger partial charge in [-0.05, 0) is 30.4 Å². The van der Waals surface area contributed by atoms with Crippen LogP contribution in [0.4, 0.5) is 13.2 Å². The molecule has 0 aliphatic heterocycles. The summed E-state index contributed by atoms with van der Waals surface area (Å²) in [5.74, 6) is 0. The van der Waals surface area contributed by atoms with E-state index in [2.05, 4.69) is 10.4 Å². The van der Waals surface area contributed by atoms with Crippen LogP contribution in [0, 0.1) is 0 Å². The van der Waals surface area contributed by atoms with Gasteiger partial charge in [0.05, 0.1) is 11.7 Å². The minimum Gasteiger partial charge on any atom is -0.304 e. The highest BCUT2D eigenvalue weighted by molar-refractivity contribution is 5.24. The summed E-state index contributed by atoms with van der Waals surface area (Å²) in [6.45, 7) is -0.331. The van der Waals surface area contributed by atoms with Gasteiger partial charge in [0.25, 0.3) is 0 Å². The third-order valence-electron chi connectivity index (χ3n) is 3.88. The second-order valence-corrected chi connectivity index (χ2v) is 5.66. The lowest BCUT2D eigenvalue weighted by Gasteiger charge is -2.22. The predicted octanol–water partition coefficient (Wildman–Crippen LogP) is 3.61. The number of aryl methyl sites for hydroxylation is 1. The molecule has 3 rings (SSSR count). The number of fused-ring (bicyclic) bond motifs is 1. The average Bonchev–Trinajstić information content (AvgIpc) is 2.86. The van der Waals surface area contributed by atoms with E-state index in [4.69, 9.17) is 0 Å². The molecule has 1 aliphatic rings. The van der Waals surface area contributed by atoms with E-state index in [0.717, 1.165) is 40.8 Å². The van der Waals surface area contributed by atoms with Crippen LogP contribution in [0.15, 0.2) is 36.5 Å². The maximum atomic E-state index is 12.5. The summed E-state index contributed by atoms with van der Waals surface area (Å²) in [4.78, 5) is 0. The highest BCUT2D eigenvalue weighted by atomic mass is 19.4. The van der Waals surface area contributed by atoms with Crippen molar-refractivity contribution in [3.05, 3.63) is 53.3 Å². The molecule has 6 heteroatoms. The van der Waals surface area contributed by atoms with Gasteiger partial charge in [0, 0.05) is 12.7 Å². The van der Waals surface area contributed by atoms with Crippen LogP contribution < -0.4 is 5.32 Å². The highest BCUT2D eigenvalue weighted by Gasteiger charge is 2.30. The summed E-state index contributed by atoms with van der Waals surface area (Å²) in [5.41, 5.74) is 2.86. The number of aromatic nitrogens is 2. The maximum Gasteiger partial charge on any atom is 0.408 e. The monoisotopic (exact) mass is 309 g/mol. The molecule has 0 amide bonds. The second-order valence-electron chi connectivity index (χ2n) is 5.66. The maximum absolute atomic E-state index is 12.5. The van der Waals surface area contributed by atoms with Gasteiger partial charge in [-0.25, -0.2) is 0 Å². The summed E-state index contributed by atoms with van der Waals surface area (Å²) in [6.07, 6.45) is -0.0164. The molecule has 0 saturated heterocycles. The molecule has 0 radical (unpaired) electrons. The van der Waals surface area contributed by atoms with Gasteiger partial charge in [0.15, 0.2) is 0 Å². The minimum atomic E-state index is -4.23. The van der Waals surface area contributed by atoms with Crippen molar-refractivity contribution >= 4 is 0 Å². The first-order valence-corrected chi connectivity index (χ1v) is 7.41. The fourth-order valence-electron chi connectivity index (χ4n) is 2.90. The van der Waals surface area contributed by atoms with Crippen molar-refractivity contribution in [2.24, 2.45) is 0 Å². The summed E-state index contributed by atoms with van der Waals surface area (Å²) in [5, 5.41) is 7.58. The van der Waals surface area contributed by atoms with E-state index in [0.29, 0.717) is 6.54 Å². The van der Waals surface area contributed by atoms with Crippen molar-refractivity contribution in [1.82, 2.24) is 15.1 Å². The molecule has 1 heterocycles. The van der Waals surface area contributed by atoms with E-state index in [1.165, 1.54) is 0 Å². The Morgan fingerprint density at radius 1 is 1.23 bits per heavy atom. The molecule has 3 nitrogen and oxygen atoms in total. The Hall–Kier alpha value is -1.82. The van der Waals surface area contributed by atoms with E-state index < -0.39 is 12.7 Å². The number of halogens is 3. The second kappa shape index (κ2) is 6.12. The summed E-state index contributed by atoms with van der Waals surface area (Å²) >= 11 is 0. The van der Waals surface area contributed by atoms with Crippen molar-refractivity contribution in [3.63, 3.8) is 0 Å². The molecule has 1 atom stereocenters. The lowest BCUT2D eigenvalue weighted by molar-refractivity contribution is -0.142. The van der Waals surface area contributed by atoms with Crippen LogP contribution >= 0.6 is 0 Å². The van der Waals surface area contributed by atoms with Gasteiger partial charge >= 0.3 is 6.18 Å². The largest absolute Gasteiger partial charge is 0.408 e. The molecule has 0 bridgehead atoms. The Morgan fingerprint density at radius 2 is 2.00 bits per heavy atom. The van der Waals surface area contributed by atoms with Crippen LogP contribution in [-0.2, 0) is 19.5 Å². The minimum absolute atomic E-state index is 0.0263. The van der Waals surface area contributed by atoms with Crippen LogP contribution in [0.5, 0.6) is 0 Å². The van der Waals surface area contributed by atoms with Crippen molar-refractivity contribution in [1.29, 1.82) is 0 Å². The number of nitrogens with zero attached hydrogens (tertiary/aromatic N) is 2. The SMILES string of the molecule is FC(F)(F)Cn1cc2c(n1)[C@H](NCc1ccccc1)CCC2. The Morgan fingerprint density at radius 3 is 2.73 bits per heavy atom. The summed E-state index contributed by atoms with van der Waals surface area (Å²) in [6, 6.07) is 9.99. The van der Waals surface area contributed by atoms with E-state index in [9.17, 15) is 13.2 Å². The molecule has 1 aliphatic carbocycles. The van der Waals surface area contributed by atoms with E-state index in [-0.39, 0.29) is 6.04 Å². The fourth-order valence-corrected chi connectivity index (χ4v) is 2.90. The molecular weight excluding hydrogens is 291 g/mol. The number of benzene rings is 1. The first-order valence-electron chi connectivity index (χ1n) is 7.41. The zero-order chi connectivity index (χ0) is 15.6. The number of hydrogen-bond donors (Lipinski definition) is 1. The molecule has 0 fully saturated rings. The molecule has 0 spiro atoms. The third-order valence-corrected chi connectivity index (χ3v) is 3.88. The van der Waals surface area contributed by atoms with Gasteiger partial charge in [-0.15, -0.1) is 0 Å². The smallest absolute Gasteiger partial charge is 0.304 e. The van der Waals surface area contributed by atoms with Gasteiger partial charge in [-0.3, -0.25) is 4.68 Å². The molecule has 0 saturated carbocycles. The van der Waals surface area contributed by atoms with Crippen LogP contribution in [0.3, 0.4) is 0 Å². The van der Waals surface area contributed by atoms with Gasteiger partial charge in [0.2, 0.25) is 0 Å². The van der Waals surface area contributed by atoms with Crippen molar-refractivity contribution in [2.45, 2.75) is 44.6 Å². The van der Waals surface area contributed by atoms with Gasteiger partial charge < -0.3 is 5.32 Å². The average molecular weight is 309 g/mol. The Balaban J connectivity index is 1.71. The van der Waals surface area contributed by atoms with Crippen LogP contribution in [0.1, 0.15) is 35.7 Å². The molecule has 2 aromatic rings. The van der Waals surface area contributed by atoms with Crippen molar-refractivity contribution < 1.29 is 13.2 Å². The topological polar surface area (TPSA) is 29.9 Å². The molecule has 22 heavy (non-hydrogen) atoms. The number of rotatable bonds is 4. The summed E-state index contributed by atoms with van der Waals surface area (Å²) in [7, 11) is 0. The Labute approximate surface area is 127 Å². The lowest BCUT2D eigenvalue weighted by Crippen LogP contribution is -2.25. The molecule has 1 N–H and O–H groups in total. The van der Waals surface area contributed by atoms with Crippen LogP contribution in [0.25, 0.3) is 0 Å². The van der Waals surface area contributed by atoms with Crippen molar-refractivity contribution in [3.8, 4) is 0 Å². The molecule has 1 aromatic carbocycles. The van der Waals surface area contributed by atoms with Gasteiger partial charge in [-0.1, -0.05) is 30.3 Å². The van der Waals surface area contributed by atoms with E-state index in [1.54, 1.807) is 6.20 Å². The number of alkyl halides is 3. The normalized spacial score (nSPS) is 18.2. The van der Waals surface area contributed by atoms with Gasteiger partial charge in [-0.2, -0.15) is 18.3 Å². The highest BCUT2D eigenvalue weighted by Crippen LogP contribution is 2.29. The number of hydrogen-bond acceptors (Lipinski definition) is 2. The van der Waals surface area contributed by atoms with Gasteiger partial charge in [0.1, 0.15) is 6.54 Å². The van der Waals surface area contributed by atoms with Crippen molar-refractivity contribution in [2.75, 3.05) is 0 Å². The van der Waals surface area contributed by atoms with E-state index >= 15 is 0 Å².